The first-order chi connectivity index (χ1) is 11.6. The van der Waals surface area contributed by atoms with Gasteiger partial charge in [-0.2, -0.15) is 0 Å². The molecule has 2 aliphatic heterocycles. The Bertz CT molecular complexity index is 550. The average Bonchev–Trinajstić information content (AvgIpc) is 2.61. The standard InChI is InChI=1S/C18H26ClN3O2.ClH/c1-22-10-11-24-16(12-22)17(13-2-4-15(19)5-3-13)21-18(23)14-6-8-20-9-7-14;/h2-5,14,16-17,20H,6-12H2,1H3,(H,21,23);1H. The predicted octanol–water partition coefficient (Wildman–Crippen LogP) is 2.25. The van der Waals surface area contributed by atoms with Crippen LogP contribution in [0.5, 0.6) is 0 Å². The van der Waals surface area contributed by atoms with Gasteiger partial charge in [-0.25, -0.2) is 0 Å². The zero-order chi connectivity index (χ0) is 16.9. The lowest BCUT2D eigenvalue weighted by molar-refractivity contribution is -0.128. The van der Waals surface area contributed by atoms with E-state index in [0.29, 0.717) is 11.6 Å². The van der Waals surface area contributed by atoms with Crippen molar-refractivity contribution >= 4 is 29.9 Å². The summed E-state index contributed by atoms with van der Waals surface area (Å²) >= 11 is 6.02. The molecule has 2 aliphatic rings. The number of halogens is 2. The Morgan fingerprint density at radius 3 is 2.64 bits per heavy atom. The topological polar surface area (TPSA) is 53.6 Å². The third-order valence-corrected chi connectivity index (χ3v) is 5.16. The summed E-state index contributed by atoms with van der Waals surface area (Å²) in [6.07, 6.45) is 1.74. The number of nitrogens with zero attached hydrogens (tertiary/aromatic N) is 1. The molecule has 2 saturated heterocycles. The minimum absolute atomic E-state index is 0. The molecular formula is C18H27Cl2N3O2. The maximum atomic E-state index is 12.7. The molecule has 140 valence electrons. The molecule has 0 spiro atoms. The molecule has 2 N–H and O–H groups in total. The van der Waals surface area contributed by atoms with Gasteiger partial charge in [0.2, 0.25) is 5.91 Å². The minimum atomic E-state index is -0.146. The molecule has 0 aliphatic carbocycles. The second kappa shape index (κ2) is 9.74. The molecule has 2 unspecified atom stereocenters. The predicted molar refractivity (Wildman–Crippen MR) is 102 cm³/mol. The van der Waals surface area contributed by atoms with Gasteiger partial charge in [0.1, 0.15) is 0 Å². The molecule has 0 bridgehead atoms. The zero-order valence-electron chi connectivity index (χ0n) is 14.5. The number of nitrogens with one attached hydrogen (secondary N) is 2. The van der Waals surface area contributed by atoms with Crippen molar-refractivity contribution < 1.29 is 9.53 Å². The van der Waals surface area contributed by atoms with Crippen LogP contribution >= 0.6 is 24.0 Å². The third-order valence-electron chi connectivity index (χ3n) is 4.91. The van der Waals surface area contributed by atoms with Crippen molar-refractivity contribution in [2.75, 3.05) is 39.8 Å². The number of benzene rings is 1. The summed E-state index contributed by atoms with van der Waals surface area (Å²) in [5.74, 6) is 0.218. The van der Waals surface area contributed by atoms with Crippen molar-refractivity contribution in [2.45, 2.75) is 25.0 Å². The highest BCUT2D eigenvalue weighted by Crippen LogP contribution is 2.25. The monoisotopic (exact) mass is 387 g/mol. The van der Waals surface area contributed by atoms with Gasteiger partial charge in [0.25, 0.3) is 0 Å². The van der Waals surface area contributed by atoms with Gasteiger partial charge < -0.3 is 20.3 Å². The number of carbonyl (C=O) groups excluding carboxylic acids is 1. The maximum Gasteiger partial charge on any atom is 0.223 e. The zero-order valence-corrected chi connectivity index (χ0v) is 16.1. The van der Waals surface area contributed by atoms with E-state index in [4.69, 9.17) is 16.3 Å². The van der Waals surface area contributed by atoms with Crippen LogP contribution < -0.4 is 10.6 Å². The van der Waals surface area contributed by atoms with Crippen molar-refractivity contribution in [3.8, 4) is 0 Å². The molecule has 2 heterocycles. The molecule has 2 atom stereocenters. The summed E-state index contributed by atoms with van der Waals surface area (Å²) in [6.45, 7) is 4.24. The second-order valence-electron chi connectivity index (χ2n) is 6.73. The second-order valence-corrected chi connectivity index (χ2v) is 7.17. The normalized spacial score (nSPS) is 23.5. The van der Waals surface area contributed by atoms with Crippen LogP contribution in [0.3, 0.4) is 0 Å². The van der Waals surface area contributed by atoms with Crippen LogP contribution in [0, 0.1) is 5.92 Å². The first-order valence-corrected chi connectivity index (χ1v) is 9.08. The number of ether oxygens (including phenoxy) is 1. The summed E-state index contributed by atoms with van der Waals surface area (Å²) in [5.41, 5.74) is 1.04. The first kappa shape index (κ1) is 20.5. The Morgan fingerprint density at radius 2 is 2.00 bits per heavy atom. The fourth-order valence-electron chi connectivity index (χ4n) is 3.43. The van der Waals surface area contributed by atoms with E-state index in [0.717, 1.165) is 44.6 Å². The third kappa shape index (κ3) is 5.56. The van der Waals surface area contributed by atoms with Crippen molar-refractivity contribution in [2.24, 2.45) is 5.92 Å². The number of piperidine rings is 1. The van der Waals surface area contributed by atoms with Gasteiger partial charge in [-0.05, 0) is 50.7 Å². The smallest absolute Gasteiger partial charge is 0.223 e. The Kier molecular flexibility index (Phi) is 7.97. The molecule has 1 aromatic carbocycles. The van der Waals surface area contributed by atoms with Crippen LogP contribution in [0.4, 0.5) is 0 Å². The number of hydrogen-bond acceptors (Lipinski definition) is 4. The van der Waals surface area contributed by atoms with Crippen LogP contribution in [0.15, 0.2) is 24.3 Å². The molecule has 0 aromatic heterocycles. The molecule has 25 heavy (non-hydrogen) atoms. The summed E-state index contributed by atoms with van der Waals surface area (Å²) in [4.78, 5) is 15.0. The van der Waals surface area contributed by atoms with Gasteiger partial charge in [-0.15, -0.1) is 12.4 Å². The van der Waals surface area contributed by atoms with E-state index >= 15 is 0 Å². The highest BCUT2D eigenvalue weighted by molar-refractivity contribution is 6.30. The van der Waals surface area contributed by atoms with E-state index in [2.05, 4.69) is 22.6 Å². The van der Waals surface area contributed by atoms with E-state index < -0.39 is 0 Å². The molecule has 3 rings (SSSR count). The van der Waals surface area contributed by atoms with Crippen LogP contribution in [0.25, 0.3) is 0 Å². The van der Waals surface area contributed by atoms with E-state index in [1.807, 2.05) is 24.3 Å². The highest BCUT2D eigenvalue weighted by Gasteiger charge is 2.31. The Balaban J connectivity index is 0.00000225. The number of morpholine rings is 1. The van der Waals surface area contributed by atoms with Crippen molar-refractivity contribution in [3.63, 3.8) is 0 Å². The quantitative estimate of drug-likeness (QED) is 0.831. The lowest BCUT2D eigenvalue weighted by atomic mass is 9.94. The fraction of sp³-hybridized carbons (Fsp3) is 0.611. The van der Waals surface area contributed by atoms with Crippen LogP contribution in [-0.4, -0.2) is 56.7 Å². The molecule has 0 saturated carbocycles. The molecule has 5 nitrogen and oxygen atoms in total. The van der Waals surface area contributed by atoms with E-state index in [1.165, 1.54) is 0 Å². The molecule has 7 heteroatoms. The number of amides is 1. The van der Waals surface area contributed by atoms with E-state index in [-0.39, 0.29) is 36.4 Å². The van der Waals surface area contributed by atoms with E-state index in [9.17, 15) is 4.79 Å². The van der Waals surface area contributed by atoms with Gasteiger partial charge in [-0.3, -0.25) is 4.79 Å². The van der Waals surface area contributed by atoms with Crippen molar-refractivity contribution in [1.29, 1.82) is 0 Å². The summed E-state index contributed by atoms with van der Waals surface area (Å²) in [7, 11) is 2.09. The minimum Gasteiger partial charge on any atom is -0.373 e. The van der Waals surface area contributed by atoms with E-state index in [1.54, 1.807) is 0 Å². The summed E-state index contributed by atoms with van der Waals surface area (Å²) < 4.78 is 5.98. The highest BCUT2D eigenvalue weighted by atomic mass is 35.5. The SMILES string of the molecule is CN1CCOC(C(NC(=O)C2CCNCC2)c2ccc(Cl)cc2)C1.Cl. The van der Waals surface area contributed by atoms with Gasteiger partial charge >= 0.3 is 0 Å². The van der Waals surface area contributed by atoms with Gasteiger partial charge in [-0.1, -0.05) is 23.7 Å². The first-order valence-electron chi connectivity index (χ1n) is 8.70. The summed E-state index contributed by atoms with van der Waals surface area (Å²) in [5, 5.41) is 7.25. The molecule has 2 fully saturated rings. The molecule has 0 radical (unpaired) electrons. The number of hydrogen-bond donors (Lipinski definition) is 2. The fourth-order valence-corrected chi connectivity index (χ4v) is 3.55. The van der Waals surface area contributed by atoms with Gasteiger partial charge in [0, 0.05) is 24.0 Å². The lowest BCUT2D eigenvalue weighted by Gasteiger charge is -2.36. The van der Waals surface area contributed by atoms with Crippen LogP contribution in [0.1, 0.15) is 24.4 Å². The largest absolute Gasteiger partial charge is 0.373 e. The Morgan fingerprint density at radius 1 is 1.32 bits per heavy atom. The lowest BCUT2D eigenvalue weighted by Crippen LogP contribution is -2.49. The molecule has 1 amide bonds. The van der Waals surface area contributed by atoms with Gasteiger partial charge in [0.15, 0.2) is 0 Å². The molecule has 1 aromatic rings. The Labute approximate surface area is 160 Å². The van der Waals surface area contributed by atoms with Crippen molar-refractivity contribution in [3.05, 3.63) is 34.9 Å². The number of rotatable bonds is 4. The molecular weight excluding hydrogens is 361 g/mol. The van der Waals surface area contributed by atoms with Gasteiger partial charge in [0.05, 0.1) is 18.8 Å². The Hall–Kier alpha value is -0.850. The summed E-state index contributed by atoms with van der Waals surface area (Å²) in [6, 6.07) is 7.55. The maximum absolute atomic E-state index is 12.7. The van der Waals surface area contributed by atoms with Crippen LogP contribution in [-0.2, 0) is 9.53 Å². The number of likely N-dealkylation sites (N-methyl/N-ethyl adjacent to an activating group) is 1. The van der Waals surface area contributed by atoms with Crippen molar-refractivity contribution in [1.82, 2.24) is 15.5 Å². The number of carbonyl (C=O) groups is 1. The average molecular weight is 388 g/mol. The van der Waals surface area contributed by atoms with Crippen LogP contribution in [0.2, 0.25) is 5.02 Å².